The average Bonchev–Trinajstić information content (AvgIpc) is 3.39. The molecule has 30 heavy (non-hydrogen) atoms. The van der Waals surface area contributed by atoms with Crippen LogP contribution in [0.25, 0.3) is 17.3 Å². The van der Waals surface area contributed by atoms with Gasteiger partial charge in [-0.05, 0) is 35.5 Å². The van der Waals surface area contributed by atoms with Crippen molar-refractivity contribution in [2.45, 2.75) is 0 Å². The number of ether oxygens (including phenoxy) is 2. The van der Waals surface area contributed by atoms with Crippen molar-refractivity contribution in [2.75, 3.05) is 19.6 Å². The molecule has 2 aromatic carbocycles. The number of amidine groups is 1. The Labute approximate surface area is 181 Å². The third-order valence-corrected chi connectivity index (χ3v) is 5.84. The van der Waals surface area contributed by atoms with E-state index in [9.17, 15) is 4.79 Å². The number of methoxy groups -OCH3 is 2. The zero-order valence-corrected chi connectivity index (χ0v) is 17.8. The van der Waals surface area contributed by atoms with Gasteiger partial charge in [0.15, 0.2) is 16.7 Å². The minimum absolute atomic E-state index is 0.209. The van der Waals surface area contributed by atoms with Gasteiger partial charge in [-0.15, -0.1) is 16.4 Å². The Hall–Kier alpha value is -3.30. The summed E-state index contributed by atoms with van der Waals surface area (Å²) in [6.45, 7) is 0. The predicted molar refractivity (Wildman–Crippen MR) is 122 cm³/mol. The molecule has 2 N–H and O–H groups in total. The van der Waals surface area contributed by atoms with Gasteiger partial charge in [-0.25, -0.2) is 4.98 Å². The van der Waals surface area contributed by atoms with E-state index in [0.29, 0.717) is 26.7 Å². The maximum absolute atomic E-state index is 12.3. The fourth-order valence-electron chi connectivity index (χ4n) is 2.74. The Bertz CT molecular complexity index is 1130. The highest BCUT2D eigenvalue weighted by Gasteiger charge is 2.24. The van der Waals surface area contributed by atoms with Gasteiger partial charge in [0.2, 0.25) is 5.13 Å². The van der Waals surface area contributed by atoms with Crippen LogP contribution in [-0.2, 0) is 4.79 Å². The second kappa shape index (κ2) is 9.02. The number of anilines is 1. The standard InChI is InChI=1S/C21H18N4O3S2/c1-27-16-9-8-13(10-17(16)28-2)11-18-19(26)23-21(30-18)25-24-20-22-15(12-29-20)14-6-4-3-5-7-14/h3-12H,1-2H3,(H,22,24)(H,23,25,26)/b18-11+. The number of nitrogens with one attached hydrogen (secondary N) is 2. The first kappa shape index (κ1) is 20.0. The Morgan fingerprint density at radius 1 is 1.10 bits per heavy atom. The van der Waals surface area contributed by atoms with E-state index in [1.807, 2.05) is 47.8 Å². The van der Waals surface area contributed by atoms with E-state index in [0.717, 1.165) is 16.8 Å². The summed E-state index contributed by atoms with van der Waals surface area (Å²) in [7, 11) is 3.15. The van der Waals surface area contributed by atoms with Crippen LogP contribution in [0.1, 0.15) is 5.56 Å². The van der Waals surface area contributed by atoms with Crippen molar-refractivity contribution >= 4 is 45.4 Å². The van der Waals surface area contributed by atoms with Crippen LogP contribution in [0.3, 0.4) is 0 Å². The highest BCUT2D eigenvalue weighted by molar-refractivity contribution is 8.18. The molecule has 0 radical (unpaired) electrons. The third-order valence-electron chi connectivity index (χ3n) is 4.18. The summed E-state index contributed by atoms with van der Waals surface area (Å²) in [5.74, 6) is 1.02. The molecule has 2 heterocycles. The van der Waals surface area contributed by atoms with Gasteiger partial charge in [-0.1, -0.05) is 36.4 Å². The first-order valence-corrected chi connectivity index (χ1v) is 10.6. The van der Waals surface area contributed by atoms with Gasteiger partial charge < -0.3 is 9.47 Å². The second-order valence-electron chi connectivity index (χ2n) is 6.11. The van der Waals surface area contributed by atoms with Crippen LogP contribution >= 0.6 is 23.1 Å². The lowest BCUT2D eigenvalue weighted by atomic mass is 10.2. The Kier molecular flexibility index (Phi) is 6.01. The molecule has 152 valence electrons. The first-order valence-electron chi connectivity index (χ1n) is 8.94. The van der Waals surface area contributed by atoms with Crippen molar-refractivity contribution in [3.05, 3.63) is 64.4 Å². The van der Waals surface area contributed by atoms with Gasteiger partial charge in [-0.3, -0.25) is 15.5 Å². The zero-order valence-electron chi connectivity index (χ0n) is 16.2. The monoisotopic (exact) mass is 438 g/mol. The van der Waals surface area contributed by atoms with Crippen molar-refractivity contribution in [3.63, 3.8) is 0 Å². The molecule has 0 unspecified atom stereocenters. The number of rotatable bonds is 6. The normalized spacial score (nSPS) is 16.0. The summed E-state index contributed by atoms with van der Waals surface area (Å²) in [5.41, 5.74) is 5.65. The van der Waals surface area contributed by atoms with Crippen LogP contribution < -0.4 is 20.2 Å². The molecule has 1 amide bonds. The fourth-order valence-corrected chi connectivity index (χ4v) is 4.18. The molecular formula is C21H18N4O3S2. The number of hydrogen-bond donors (Lipinski definition) is 2. The predicted octanol–water partition coefficient (Wildman–Crippen LogP) is 4.41. The summed E-state index contributed by atoms with van der Waals surface area (Å²) >= 11 is 2.70. The number of thiazole rings is 1. The lowest BCUT2D eigenvalue weighted by molar-refractivity contribution is -0.115. The lowest BCUT2D eigenvalue weighted by Gasteiger charge is -2.07. The quantitative estimate of drug-likeness (QED) is 0.438. The number of carbonyl (C=O) groups is 1. The highest BCUT2D eigenvalue weighted by Crippen LogP contribution is 2.31. The largest absolute Gasteiger partial charge is 0.493 e. The van der Waals surface area contributed by atoms with Crippen molar-refractivity contribution in [1.82, 2.24) is 10.3 Å². The van der Waals surface area contributed by atoms with Crippen LogP contribution in [-0.4, -0.2) is 30.3 Å². The first-order chi connectivity index (χ1) is 14.7. The molecule has 9 heteroatoms. The Balaban J connectivity index is 1.45. The second-order valence-corrected chi connectivity index (χ2v) is 8.00. The molecule has 0 aliphatic carbocycles. The van der Waals surface area contributed by atoms with Crippen LogP contribution in [0.2, 0.25) is 0 Å². The molecule has 3 aromatic rings. The van der Waals surface area contributed by atoms with Crippen LogP contribution in [0.15, 0.2) is 63.9 Å². The van der Waals surface area contributed by atoms with E-state index in [2.05, 4.69) is 20.8 Å². The molecule has 0 saturated carbocycles. The molecule has 4 rings (SSSR count). The van der Waals surface area contributed by atoms with Crippen LogP contribution in [0.5, 0.6) is 11.5 Å². The molecule has 0 atom stereocenters. The van der Waals surface area contributed by atoms with Crippen molar-refractivity contribution in [1.29, 1.82) is 0 Å². The summed E-state index contributed by atoms with van der Waals surface area (Å²) in [6, 6.07) is 15.4. The SMILES string of the molecule is COc1ccc(/C=C2/S/C(=N\Nc3nc(-c4ccccc4)cs3)NC2=O)cc1OC. The number of amides is 1. The molecule has 1 aliphatic rings. The van der Waals surface area contributed by atoms with Crippen LogP contribution in [0.4, 0.5) is 5.13 Å². The number of thioether (sulfide) groups is 1. The van der Waals surface area contributed by atoms with Gasteiger partial charge >= 0.3 is 0 Å². The van der Waals surface area contributed by atoms with E-state index in [1.165, 1.54) is 23.1 Å². The van der Waals surface area contributed by atoms with Crippen molar-refractivity contribution in [2.24, 2.45) is 5.10 Å². The Morgan fingerprint density at radius 2 is 1.90 bits per heavy atom. The number of aromatic nitrogens is 1. The van der Waals surface area contributed by atoms with Gasteiger partial charge in [0.1, 0.15) is 0 Å². The maximum Gasteiger partial charge on any atom is 0.264 e. The van der Waals surface area contributed by atoms with E-state index >= 15 is 0 Å². The van der Waals surface area contributed by atoms with Gasteiger partial charge in [-0.2, -0.15) is 0 Å². The fraction of sp³-hybridized carbons (Fsp3) is 0.0952. The lowest BCUT2D eigenvalue weighted by Crippen LogP contribution is -2.20. The van der Waals surface area contributed by atoms with E-state index in [4.69, 9.17) is 9.47 Å². The van der Waals surface area contributed by atoms with Gasteiger partial charge in [0, 0.05) is 10.9 Å². The molecule has 7 nitrogen and oxygen atoms in total. The van der Waals surface area contributed by atoms with E-state index < -0.39 is 0 Å². The summed E-state index contributed by atoms with van der Waals surface area (Å²) < 4.78 is 10.6. The molecule has 0 spiro atoms. The molecule has 1 saturated heterocycles. The topological polar surface area (TPSA) is 84.8 Å². The van der Waals surface area contributed by atoms with Crippen molar-refractivity contribution < 1.29 is 14.3 Å². The number of nitrogens with zero attached hydrogens (tertiary/aromatic N) is 2. The molecule has 1 fully saturated rings. The molecule has 1 aromatic heterocycles. The van der Waals surface area contributed by atoms with Crippen LogP contribution in [0, 0.1) is 0 Å². The zero-order chi connectivity index (χ0) is 20.9. The van der Waals surface area contributed by atoms with E-state index in [1.54, 1.807) is 26.4 Å². The summed E-state index contributed by atoms with van der Waals surface area (Å²) in [4.78, 5) is 17.3. The number of carbonyl (C=O) groups excluding carboxylic acids is 1. The summed E-state index contributed by atoms with van der Waals surface area (Å²) in [5, 5.41) is 10.1. The average molecular weight is 439 g/mol. The highest BCUT2D eigenvalue weighted by atomic mass is 32.2. The minimum atomic E-state index is -0.209. The van der Waals surface area contributed by atoms with E-state index in [-0.39, 0.29) is 5.91 Å². The third kappa shape index (κ3) is 4.47. The number of benzene rings is 2. The maximum atomic E-state index is 12.3. The summed E-state index contributed by atoms with van der Waals surface area (Å²) in [6.07, 6.45) is 1.78. The van der Waals surface area contributed by atoms with Gasteiger partial charge in [0.05, 0.1) is 24.8 Å². The molecular weight excluding hydrogens is 420 g/mol. The smallest absolute Gasteiger partial charge is 0.264 e. The molecule has 0 bridgehead atoms. The Morgan fingerprint density at radius 3 is 2.67 bits per heavy atom. The number of hydrazone groups is 1. The molecule has 1 aliphatic heterocycles. The number of hydrogen-bond acceptors (Lipinski definition) is 8. The minimum Gasteiger partial charge on any atom is -0.493 e. The van der Waals surface area contributed by atoms with Crippen molar-refractivity contribution in [3.8, 4) is 22.8 Å². The van der Waals surface area contributed by atoms with Gasteiger partial charge in [0.25, 0.3) is 5.91 Å².